The van der Waals surface area contributed by atoms with E-state index in [1.54, 1.807) is 10.3 Å². The van der Waals surface area contributed by atoms with Gasteiger partial charge in [-0.25, -0.2) is 14.8 Å². The van der Waals surface area contributed by atoms with Gasteiger partial charge in [0, 0.05) is 17.7 Å². The van der Waals surface area contributed by atoms with E-state index in [4.69, 9.17) is 24.3 Å². The van der Waals surface area contributed by atoms with Crippen molar-refractivity contribution in [3.8, 4) is 0 Å². The molecule has 0 radical (unpaired) electrons. The summed E-state index contributed by atoms with van der Waals surface area (Å²) in [7, 11) is 0. The third-order valence-electron chi connectivity index (χ3n) is 14.4. The number of thiazole rings is 2. The Balaban J connectivity index is 0.837. The number of anilines is 1. The SMILES string of the molecule is O=C(CON=C(C(=O)NC1C(=O)N2CC(Sc3nc4ccccc4s3)(C(=O)OC(c3ccccc3)c3ccccc3)CS[C@H]12)c1csc(NC(c2ccccc2)(c2ccccc2)c2ccccc2)n1)OC(c1ccccc1)c1ccccc1. The van der Waals surface area contributed by atoms with Gasteiger partial charge < -0.3 is 29.8 Å². The summed E-state index contributed by atoms with van der Waals surface area (Å²) in [6, 6.07) is 74.7. The smallest absolute Gasteiger partial charge is 0.347 e. The molecule has 2 amide bonds. The molecule has 412 valence electrons. The van der Waals surface area contributed by atoms with Crippen molar-refractivity contribution in [1.29, 1.82) is 0 Å². The van der Waals surface area contributed by atoms with Gasteiger partial charge in [0.2, 0.25) is 12.5 Å². The van der Waals surface area contributed by atoms with Crippen LogP contribution in [0.2, 0.25) is 0 Å². The van der Waals surface area contributed by atoms with Crippen molar-refractivity contribution in [2.45, 2.75) is 38.2 Å². The van der Waals surface area contributed by atoms with Crippen LogP contribution in [-0.4, -0.2) is 79.4 Å². The van der Waals surface area contributed by atoms with Gasteiger partial charge in [0.1, 0.15) is 27.4 Å². The zero-order valence-electron chi connectivity index (χ0n) is 44.3. The number of amides is 2. The summed E-state index contributed by atoms with van der Waals surface area (Å²) in [6.07, 6.45) is -1.48. The highest BCUT2D eigenvalue weighted by molar-refractivity contribution is 8.06. The lowest BCUT2D eigenvalue weighted by atomic mass is 9.77. The number of β-lactam (4-membered cyclic amide) rings is 1. The highest BCUT2D eigenvalue weighted by Crippen LogP contribution is 2.49. The molecule has 10 aromatic rings. The van der Waals surface area contributed by atoms with Crippen molar-refractivity contribution in [3.05, 3.63) is 287 Å². The summed E-state index contributed by atoms with van der Waals surface area (Å²) < 4.78 is 12.9. The number of benzene rings is 8. The molecular weight excluding hydrogens is 1120 g/mol. The average Bonchev–Trinajstić information content (AvgIpc) is 4.18. The van der Waals surface area contributed by atoms with E-state index in [2.05, 4.69) is 52.2 Å². The highest BCUT2D eigenvalue weighted by atomic mass is 32.2. The van der Waals surface area contributed by atoms with Gasteiger partial charge in [-0.2, -0.15) is 0 Å². The molecule has 17 heteroatoms. The number of hydrogen-bond donors (Lipinski definition) is 2. The number of fused-ring (bicyclic) bond motifs is 2. The molecule has 2 saturated heterocycles. The Morgan fingerprint density at radius 3 is 1.64 bits per heavy atom. The molecule has 0 bridgehead atoms. The second-order valence-electron chi connectivity index (χ2n) is 19.7. The van der Waals surface area contributed by atoms with Gasteiger partial charge in [0.05, 0.1) is 10.2 Å². The van der Waals surface area contributed by atoms with Gasteiger partial charge in [-0.05, 0) is 51.1 Å². The maximum Gasteiger partial charge on any atom is 0.347 e. The molecule has 0 saturated carbocycles. The largest absolute Gasteiger partial charge is 0.451 e. The standard InChI is InChI=1S/C66H52N6O7S4/c73-54(78-57(44-24-8-1-9-25-44)45-26-10-2-11-27-45)40-77-71-55(52-41-80-63(67-52)70-66(48-32-16-5-17-33-48,49-34-18-6-19-35-49)50-36-20-7-21-37-50)59(74)69-56-60(75)72-42-65(43-81-61(56)72,83-64-68-51-38-22-23-39-53(51)82-64)62(76)79-58(46-28-12-3-13-29-46)47-30-14-4-15-31-47/h1-39,41,56-58,61H,40,42-43H2,(H,67,70)(H,69,74)/t56?,61-,65?/m1/s1. The maximum atomic E-state index is 15.1. The predicted molar refractivity (Wildman–Crippen MR) is 327 cm³/mol. The number of nitrogens with one attached hydrogen (secondary N) is 2. The molecule has 2 aromatic heterocycles. The summed E-state index contributed by atoms with van der Waals surface area (Å²) in [6.45, 7) is -0.673. The van der Waals surface area contributed by atoms with Crippen LogP contribution in [-0.2, 0) is 39.0 Å². The van der Waals surface area contributed by atoms with Gasteiger partial charge in [-0.15, -0.1) is 34.4 Å². The van der Waals surface area contributed by atoms with E-state index in [-0.39, 0.29) is 23.7 Å². The van der Waals surface area contributed by atoms with Crippen molar-refractivity contribution in [2.24, 2.45) is 5.16 Å². The van der Waals surface area contributed by atoms with Gasteiger partial charge >= 0.3 is 11.9 Å². The van der Waals surface area contributed by atoms with E-state index in [0.29, 0.717) is 9.47 Å². The summed E-state index contributed by atoms with van der Waals surface area (Å²) in [5.74, 6) is -2.20. The average molecular weight is 1170 g/mol. The lowest BCUT2D eigenvalue weighted by molar-refractivity contribution is -0.156. The number of aromatic nitrogens is 2. The predicted octanol–water partition coefficient (Wildman–Crippen LogP) is 12.5. The van der Waals surface area contributed by atoms with Crippen molar-refractivity contribution in [1.82, 2.24) is 20.2 Å². The summed E-state index contributed by atoms with van der Waals surface area (Å²) in [5.41, 5.74) is 5.60. The minimum absolute atomic E-state index is 0.0160. The number of thioether (sulfide) groups is 2. The maximum absolute atomic E-state index is 15.1. The van der Waals surface area contributed by atoms with Gasteiger partial charge in [0.25, 0.3) is 5.91 Å². The Kier molecular flexibility index (Phi) is 16.3. The molecule has 2 unspecified atom stereocenters. The topological polar surface area (TPSA) is 161 Å². The quantitative estimate of drug-likeness (QED) is 0.0245. The second-order valence-corrected chi connectivity index (χ2v) is 24.3. The summed E-state index contributed by atoms with van der Waals surface area (Å²) in [5, 5.41) is 12.6. The number of nitrogens with zero attached hydrogens (tertiary/aromatic N) is 4. The Bertz CT molecular complexity index is 3690. The zero-order chi connectivity index (χ0) is 56.6. The first-order valence-corrected chi connectivity index (χ1v) is 30.3. The Labute approximate surface area is 495 Å². The van der Waals surface area contributed by atoms with E-state index >= 15 is 4.79 Å². The minimum Gasteiger partial charge on any atom is -0.451 e. The van der Waals surface area contributed by atoms with Crippen molar-refractivity contribution < 1.29 is 33.5 Å². The molecular formula is C66H52N6O7S4. The molecule has 0 spiro atoms. The molecule has 12 rings (SSSR count). The number of esters is 2. The molecule has 8 aromatic carbocycles. The van der Waals surface area contributed by atoms with Crippen LogP contribution in [0.25, 0.3) is 10.2 Å². The van der Waals surface area contributed by atoms with Crippen LogP contribution in [0.15, 0.2) is 251 Å². The number of ether oxygens (including phenoxy) is 2. The fourth-order valence-corrected chi connectivity index (χ4v) is 15.3. The fourth-order valence-electron chi connectivity index (χ4n) is 10.3. The lowest BCUT2D eigenvalue weighted by Crippen LogP contribution is -2.75. The van der Waals surface area contributed by atoms with E-state index in [0.717, 1.165) is 49.2 Å². The van der Waals surface area contributed by atoms with Crippen LogP contribution in [0.1, 0.15) is 56.8 Å². The van der Waals surface area contributed by atoms with Crippen molar-refractivity contribution in [3.63, 3.8) is 0 Å². The van der Waals surface area contributed by atoms with Crippen LogP contribution in [0.3, 0.4) is 0 Å². The molecule has 2 N–H and O–H groups in total. The third-order valence-corrected chi connectivity index (χ3v) is 19.3. The van der Waals surface area contributed by atoms with Gasteiger partial charge in [-0.3, -0.25) is 14.4 Å². The second kappa shape index (κ2) is 24.7. The number of rotatable bonds is 20. The number of carbonyl (C=O) groups is 4. The number of para-hydroxylation sites is 1. The first-order chi connectivity index (χ1) is 40.7. The molecule has 0 aliphatic carbocycles. The molecule has 83 heavy (non-hydrogen) atoms. The number of hydrogen-bond acceptors (Lipinski definition) is 15. The van der Waals surface area contributed by atoms with Gasteiger partial charge in [0.15, 0.2) is 27.4 Å². The zero-order valence-corrected chi connectivity index (χ0v) is 47.6. The van der Waals surface area contributed by atoms with Gasteiger partial charge in [-0.1, -0.05) is 241 Å². The lowest BCUT2D eigenvalue weighted by Gasteiger charge is -2.53. The van der Waals surface area contributed by atoms with E-state index in [9.17, 15) is 14.4 Å². The van der Waals surface area contributed by atoms with E-state index in [1.165, 1.54) is 46.2 Å². The van der Waals surface area contributed by atoms with Crippen LogP contribution in [0.5, 0.6) is 0 Å². The minimum atomic E-state index is -1.30. The highest BCUT2D eigenvalue weighted by Gasteiger charge is 2.59. The van der Waals surface area contributed by atoms with Crippen LogP contribution < -0.4 is 10.6 Å². The number of carbonyl (C=O) groups excluding carboxylic acids is 4. The third kappa shape index (κ3) is 11.7. The summed E-state index contributed by atoms with van der Waals surface area (Å²) >= 11 is 5.39. The van der Waals surface area contributed by atoms with Crippen molar-refractivity contribution >= 4 is 91.0 Å². The molecule has 3 atom stereocenters. The summed E-state index contributed by atoms with van der Waals surface area (Å²) in [4.78, 5) is 75.7. The fraction of sp³-hybridized carbons (Fsp3) is 0.136. The monoisotopic (exact) mass is 1170 g/mol. The normalized spacial score (nSPS) is 16.9. The van der Waals surface area contributed by atoms with Crippen LogP contribution in [0, 0.1) is 0 Å². The first kappa shape index (κ1) is 54.7. The Hall–Kier alpha value is -8.87. The van der Waals surface area contributed by atoms with Crippen LogP contribution in [0.4, 0.5) is 5.13 Å². The van der Waals surface area contributed by atoms with Crippen LogP contribution >= 0.6 is 46.2 Å². The molecule has 2 fully saturated rings. The number of oxime groups is 1. The molecule has 13 nitrogen and oxygen atoms in total. The Morgan fingerprint density at radius 2 is 1.12 bits per heavy atom. The van der Waals surface area contributed by atoms with E-state index in [1.807, 2.05) is 200 Å². The van der Waals surface area contributed by atoms with Crippen molar-refractivity contribution in [2.75, 3.05) is 24.2 Å². The molecule has 2 aliphatic rings. The first-order valence-electron chi connectivity index (χ1n) is 26.7. The molecule has 4 heterocycles. The van der Waals surface area contributed by atoms with E-state index < -0.39 is 64.3 Å². The molecule has 2 aliphatic heterocycles. The Morgan fingerprint density at radius 1 is 0.639 bits per heavy atom.